The van der Waals surface area contributed by atoms with Crippen LogP contribution in [0.2, 0.25) is 5.02 Å². The van der Waals surface area contributed by atoms with Gasteiger partial charge in [-0.15, -0.1) is 0 Å². The molecule has 2 aromatic rings. The van der Waals surface area contributed by atoms with Crippen molar-refractivity contribution in [1.29, 1.82) is 0 Å². The molecule has 0 unspecified atom stereocenters. The molecule has 0 aliphatic rings. The SMILES string of the molecule is CCc1nn(CC)c(Cn2cncc(Br)c2=O)c1Cl. The first-order chi connectivity index (χ1) is 9.08. The minimum absolute atomic E-state index is 0.132. The van der Waals surface area contributed by atoms with Gasteiger partial charge in [0.1, 0.15) is 4.47 Å². The van der Waals surface area contributed by atoms with Gasteiger partial charge >= 0.3 is 0 Å². The van der Waals surface area contributed by atoms with Crippen molar-refractivity contribution in [3.63, 3.8) is 0 Å². The average Bonchev–Trinajstić information content (AvgIpc) is 2.71. The topological polar surface area (TPSA) is 52.7 Å². The van der Waals surface area contributed by atoms with Crippen molar-refractivity contribution in [1.82, 2.24) is 19.3 Å². The first-order valence-corrected chi connectivity index (χ1v) is 7.19. The molecule has 5 nitrogen and oxygen atoms in total. The summed E-state index contributed by atoms with van der Waals surface area (Å²) in [6.45, 7) is 5.08. The van der Waals surface area contributed by atoms with E-state index in [1.807, 2.05) is 18.5 Å². The second kappa shape index (κ2) is 5.88. The van der Waals surface area contributed by atoms with E-state index in [0.717, 1.165) is 17.8 Å². The lowest BCUT2D eigenvalue weighted by Crippen LogP contribution is -2.22. The first kappa shape index (κ1) is 14.3. The summed E-state index contributed by atoms with van der Waals surface area (Å²) in [7, 11) is 0. The van der Waals surface area contributed by atoms with Crippen LogP contribution in [0.25, 0.3) is 0 Å². The third kappa shape index (κ3) is 2.74. The predicted molar refractivity (Wildman–Crippen MR) is 77.6 cm³/mol. The number of aryl methyl sites for hydroxylation is 2. The van der Waals surface area contributed by atoms with Crippen molar-refractivity contribution in [2.75, 3.05) is 0 Å². The maximum atomic E-state index is 12.0. The normalized spacial score (nSPS) is 10.9. The molecule has 19 heavy (non-hydrogen) atoms. The summed E-state index contributed by atoms with van der Waals surface area (Å²) in [5.74, 6) is 0. The zero-order valence-corrected chi connectivity index (χ0v) is 13.1. The highest BCUT2D eigenvalue weighted by molar-refractivity contribution is 9.10. The molecule has 0 aliphatic heterocycles. The molecule has 0 aliphatic carbocycles. The fourth-order valence-electron chi connectivity index (χ4n) is 1.87. The number of hydrogen-bond acceptors (Lipinski definition) is 3. The van der Waals surface area contributed by atoms with Crippen molar-refractivity contribution in [2.45, 2.75) is 33.4 Å². The van der Waals surface area contributed by atoms with Crippen LogP contribution >= 0.6 is 27.5 Å². The molecule has 102 valence electrons. The van der Waals surface area contributed by atoms with E-state index in [1.165, 1.54) is 17.1 Å². The predicted octanol–water partition coefficient (Wildman–Crippen LogP) is 2.49. The standard InChI is InChI=1S/C12H14BrClN4O/c1-3-9-11(14)10(18(4-2)16-9)6-17-7-15-5-8(13)12(17)19/h5,7H,3-4,6H2,1-2H3. The van der Waals surface area contributed by atoms with Gasteiger partial charge in [0.2, 0.25) is 0 Å². The van der Waals surface area contributed by atoms with E-state index in [0.29, 0.717) is 22.6 Å². The van der Waals surface area contributed by atoms with Gasteiger partial charge in [0.05, 0.1) is 29.3 Å². The summed E-state index contributed by atoms with van der Waals surface area (Å²) in [5.41, 5.74) is 1.56. The van der Waals surface area contributed by atoms with E-state index >= 15 is 0 Å². The van der Waals surface area contributed by atoms with Crippen molar-refractivity contribution in [3.05, 3.63) is 43.8 Å². The van der Waals surface area contributed by atoms with Gasteiger partial charge in [0, 0.05) is 12.7 Å². The molecule has 0 saturated heterocycles. The van der Waals surface area contributed by atoms with Crippen LogP contribution in [0, 0.1) is 0 Å². The van der Waals surface area contributed by atoms with Crippen LogP contribution in [0.4, 0.5) is 0 Å². The van der Waals surface area contributed by atoms with Crippen LogP contribution in [0.15, 0.2) is 21.8 Å². The molecule has 2 aromatic heterocycles. The third-order valence-corrected chi connectivity index (χ3v) is 3.85. The number of halogens is 2. The Morgan fingerprint density at radius 2 is 2.16 bits per heavy atom. The second-order valence-electron chi connectivity index (χ2n) is 4.05. The van der Waals surface area contributed by atoms with Gasteiger partial charge in [-0.1, -0.05) is 18.5 Å². The van der Waals surface area contributed by atoms with Crippen molar-refractivity contribution in [2.24, 2.45) is 0 Å². The van der Waals surface area contributed by atoms with E-state index in [9.17, 15) is 4.79 Å². The zero-order valence-electron chi connectivity index (χ0n) is 10.7. The molecular weight excluding hydrogens is 332 g/mol. The molecule has 0 radical (unpaired) electrons. The van der Waals surface area contributed by atoms with E-state index in [2.05, 4.69) is 26.0 Å². The summed E-state index contributed by atoms with van der Waals surface area (Å²) >= 11 is 9.50. The number of hydrogen-bond donors (Lipinski definition) is 0. The van der Waals surface area contributed by atoms with E-state index in [1.54, 1.807) is 0 Å². The number of aromatic nitrogens is 4. The van der Waals surface area contributed by atoms with Gasteiger partial charge < -0.3 is 0 Å². The van der Waals surface area contributed by atoms with Gasteiger partial charge in [-0.05, 0) is 29.3 Å². The van der Waals surface area contributed by atoms with Crippen LogP contribution in [0.3, 0.4) is 0 Å². The number of rotatable bonds is 4. The van der Waals surface area contributed by atoms with Crippen LogP contribution in [0.1, 0.15) is 25.2 Å². The summed E-state index contributed by atoms with van der Waals surface area (Å²) in [6, 6.07) is 0. The lowest BCUT2D eigenvalue weighted by Gasteiger charge is -2.07. The third-order valence-electron chi connectivity index (χ3n) is 2.87. The van der Waals surface area contributed by atoms with Gasteiger partial charge in [-0.3, -0.25) is 14.0 Å². The first-order valence-electron chi connectivity index (χ1n) is 6.02. The van der Waals surface area contributed by atoms with E-state index in [-0.39, 0.29) is 5.56 Å². The maximum absolute atomic E-state index is 12.0. The van der Waals surface area contributed by atoms with E-state index < -0.39 is 0 Å². The average molecular weight is 346 g/mol. The summed E-state index contributed by atoms with van der Waals surface area (Å²) in [6.07, 6.45) is 3.75. The minimum Gasteiger partial charge on any atom is -0.292 e. The summed E-state index contributed by atoms with van der Waals surface area (Å²) in [5, 5.41) is 5.07. The molecule has 0 fully saturated rings. The minimum atomic E-state index is -0.132. The Labute approximate surface area is 124 Å². The van der Waals surface area contributed by atoms with Gasteiger partial charge in [-0.25, -0.2) is 4.98 Å². The molecule has 0 atom stereocenters. The maximum Gasteiger partial charge on any atom is 0.267 e. The molecule has 0 spiro atoms. The Kier molecular flexibility index (Phi) is 4.42. The Morgan fingerprint density at radius 1 is 1.42 bits per heavy atom. The van der Waals surface area contributed by atoms with E-state index in [4.69, 9.17) is 11.6 Å². The van der Waals surface area contributed by atoms with Crippen molar-refractivity contribution in [3.8, 4) is 0 Å². The van der Waals surface area contributed by atoms with Crippen LogP contribution in [-0.4, -0.2) is 19.3 Å². The smallest absolute Gasteiger partial charge is 0.267 e. The highest BCUT2D eigenvalue weighted by Gasteiger charge is 2.15. The van der Waals surface area contributed by atoms with Crippen LogP contribution in [0.5, 0.6) is 0 Å². The highest BCUT2D eigenvalue weighted by atomic mass is 79.9. The Bertz CT molecular complexity index is 650. The van der Waals surface area contributed by atoms with Gasteiger partial charge in [-0.2, -0.15) is 5.10 Å². The largest absolute Gasteiger partial charge is 0.292 e. The highest BCUT2D eigenvalue weighted by Crippen LogP contribution is 2.22. The molecule has 0 bridgehead atoms. The molecule has 0 N–H and O–H groups in total. The Balaban J connectivity index is 2.46. The Morgan fingerprint density at radius 3 is 2.79 bits per heavy atom. The Hall–Kier alpha value is -1.14. The lowest BCUT2D eigenvalue weighted by atomic mass is 10.3. The fourth-order valence-corrected chi connectivity index (χ4v) is 2.54. The molecular formula is C12H14BrClN4O. The van der Waals surface area contributed by atoms with Gasteiger partial charge in [0.25, 0.3) is 5.56 Å². The van der Waals surface area contributed by atoms with Crippen LogP contribution < -0.4 is 5.56 Å². The lowest BCUT2D eigenvalue weighted by molar-refractivity contribution is 0.585. The number of nitrogens with zero attached hydrogens (tertiary/aromatic N) is 4. The monoisotopic (exact) mass is 344 g/mol. The zero-order chi connectivity index (χ0) is 14.0. The molecule has 0 aromatic carbocycles. The quantitative estimate of drug-likeness (QED) is 0.855. The molecule has 0 saturated carbocycles. The molecule has 2 heterocycles. The second-order valence-corrected chi connectivity index (χ2v) is 5.28. The summed E-state index contributed by atoms with van der Waals surface area (Å²) < 4.78 is 3.77. The van der Waals surface area contributed by atoms with Crippen molar-refractivity contribution >= 4 is 27.5 Å². The van der Waals surface area contributed by atoms with Gasteiger partial charge in [0.15, 0.2) is 0 Å². The van der Waals surface area contributed by atoms with Crippen LogP contribution in [-0.2, 0) is 19.5 Å². The molecule has 2 rings (SSSR count). The fraction of sp³-hybridized carbons (Fsp3) is 0.417. The summed E-state index contributed by atoms with van der Waals surface area (Å²) in [4.78, 5) is 16.0. The van der Waals surface area contributed by atoms with Crippen molar-refractivity contribution < 1.29 is 0 Å². The molecule has 0 amide bonds. The molecule has 7 heteroatoms.